The van der Waals surface area contributed by atoms with Crippen molar-refractivity contribution in [2.75, 3.05) is 20.6 Å². The second-order valence-corrected chi connectivity index (χ2v) is 9.56. The molecule has 0 aromatic heterocycles. The topological polar surface area (TPSA) is 70.2 Å². The van der Waals surface area contributed by atoms with E-state index in [2.05, 4.69) is 82.5 Å². The second kappa shape index (κ2) is 42.7. The van der Waals surface area contributed by atoms with Crippen molar-refractivity contribution in [2.45, 2.75) is 95.5 Å². The minimum atomic E-state index is 0.488. The lowest BCUT2D eigenvalue weighted by Crippen LogP contribution is -2.18. The zero-order valence-corrected chi connectivity index (χ0v) is 30.5. The molecular formula is C37H67N3OS. The van der Waals surface area contributed by atoms with Crippen molar-refractivity contribution in [1.82, 2.24) is 4.90 Å². The molecule has 0 saturated carbocycles. The van der Waals surface area contributed by atoms with Crippen LogP contribution in [0.25, 0.3) is 6.08 Å². The largest absolute Gasteiger partial charge is 0.333 e. The smallest absolute Gasteiger partial charge is 0.106 e. The highest BCUT2D eigenvalue weighted by Crippen LogP contribution is 2.15. The molecule has 1 aromatic carbocycles. The molecule has 0 heterocycles. The summed E-state index contributed by atoms with van der Waals surface area (Å²) in [4.78, 5) is 11.4. The molecule has 3 N–H and O–H groups in total. The van der Waals surface area contributed by atoms with Crippen molar-refractivity contribution in [3.05, 3.63) is 100 Å². The van der Waals surface area contributed by atoms with Gasteiger partial charge in [-0.3, -0.25) is 0 Å². The Morgan fingerprint density at radius 3 is 1.88 bits per heavy atom. The van der Waals surface area contributed by atoms with Crippen LogP contribution in [0.2, 0.25) is 0 Å². The summed E-state index contributed by atoms with van der Waals surface area (Å²) >= 11 is 1.56. The van der Waals surface area contributed by atoms with E-state index in [0.717, 1.165) is 46.7 Å². The van der Waals surface area contributed by atoms with Crippen molar-refractivity contribution >= 4 is 30.3 Å². The summed E-state index contributed by atoms with van der Waals surface area (Å²) in [6.45, 7) is 37.6. The molecule has 0 fully saturated rings. The van der Waals surface area contributed by atoms with E-state index in [-0.39, 0.29) is 0 Å². The third kappa shape index (κ3) is 37.3. The normalized spacial score (nSPS) is 9.69. The van der Waals surface area contributed by atoms with Crippen LogP contribution in [0.15, 0.2) is 89.3 Å². The number of carbonyl (C=O) groups is 1. The third-order valence-electron chi connectivity index (χ3n) is 4.31. The minimum Gasteiger partial charge on any atom is -0.333 e. The minimum absolute atomic E-state index is 0.488. The number of rotatable bonds is 11. The van der Waals surface area contributed by atoms with Crippen LogP contribution in [-0.2, 0) is 11.3 Å². The monoisotopic (exact) mass is 602 g/mol. The van der Waals surface area contributed by atoms with Gasteiger partial charge in [0.05, 0.1) is 5.71 Å². The molecule has 0 saturated heterocycles. The molecule has 5 heteroatoms. The lowest BCUT2D eigenvalue weighted by molar-refractivity contribution is -0.0980. The Balaban J connectivity index is -0.000000158. The van der Waals surface area contributed by atoms with Gasteiger partial charge in [-0.15, -0.1) is 11.8 Å². The standard InChI is InChI=1S/C23H32N2.C5H8S.C3H8.2C2H6.CH5N.CH2O/c1-7-14-25(6)17-21-11-9-10-20(16-21)12-13-23(24)22(18(3)4)15-19(5)8-2;1-4-6-5(2)3;1-3-2;4*1-2/h8-13,15-16,24H,3,7,14,17H2,1-2,4-6H3;4H,1-2H2,3H3;3H2,1-2H3;2*1-2H3;2H2,1H3;1H2/b13-12+,19-8-,22-15+,24-23?;;;;;;. The van der Waals surface area contributed by atoms with E-state index < -0.39 is 0 Å². The van der Waals surface area contributed by atoms with E-state index >= 15 is 0 Å². The zero-order valence-electron chi connectivity index (χ0n) is 29.7. The van der Waals surface area contributed by atoms with Crippen molar-refractivity contribution in [1.29, 1.82) is 5.41 Å². The molecule has 0 bridgehead atoms. The van der Waals surface area contributed by atoms with Crippen LogP contribution < -0.4 is 5.73 Å². The van der Waals surface area contributed by atoms with Gasteiger partial charge >= 0.3 is 0 Å². The number of thioether (sulfide) groups is 1. The number of carbonyl (C=O) groups excluding carboxylic acids is 1. The molecule has 0 aliphatic rings. The Labute approximate surface area is 267 Å². The predicted molar refractivity (Wildman–Crippen MR) is 201 cm³/mol. The molecule has 4 nitrogen and oxygen atoms in total. The molecule has 242 valence electrons. The second-order valence-electron chi connectivity index (χ2n) is 8.29. The van der Waals surface area contributed by atoms with Crippen LogP contribution in [0, 0.1) is 5.41 Å². The van der Waals surface area contributed by atoms with E-state index in [1.165, 1.54) is 19.0 Å². The van der Waals surface area contributed by atoms with Crippen LogP contribution in [0.3, 0.4) is 0 Å². The zero-order chi connectivity index (χ0) is 34.5. The summed E-state index contributed by atoms with van der Waals surface area (Å²) in [6.07, 6.45) is 10.3. The molecular weight excluding hydrogens is 534 g/mol. The van der Waals surface area contributed by atoms with Crippen molar-refractivity contribution in [2.24, 2.45) is 5.73 Å². The summed E-state index contributed by atoms with van der Waals surface area (Å²) in [5, 5.41) is 10.1. The summed E-state index contributed by atoms with van der Waals surface area (Å²) in [6, 6.07) is 8.51. The number of nitrogens with one attached hydrogen (secondary N) is 1. The predicted octanol–water partition coefficient (Wildman–Crippen LogP) is 11.3. The first-order valence-corrected chi connectivity index (χ1v) is 15.8. The third-order valence-corrected chi connectivity index (χ3v) is 4.88. The maximum Gasteiger partial charge on any atom is 0.106 e. The highest BCUT2D eigenvalue weighted by molar-refractivity contribution is 8.05. The van der Waals surface area contributed by atoms with Gasteiger partial charge in [-0.25, -0.2) is 0 Å². The molecule has 0 radical (unpaired) electrons. The van der Waals surface area contributed by atoms with Crippen LogP contribution >= 0.6 is 11.8 Å². The molecule has 0 aliphatic carbocycles. The Morgan fingerprint density at radius 1 is 1.02 bits per heavy atom. The maximum atomic E-state index is 8.36. The fourth-order valence-corrected chi connectivity index (χ4v) is 3.01. The summed E-state index contributed by atoms with van der Waals surface area (Å²) in [7, 11) is 3.65. The van der Waals surface area contributed by atoms with E-state index in [1.54, 1.807) is 17.2 Å². The van der Waals surface area contributed by atoms with Gasteiger partial charge in [-0.2, -0.15) is 0 Å². The average molecular weight is 602 g/mol. The fourth-order valence-electron chi connectivity index (χ4n) is 2.72. The van der Waals surface area contributed by atoms with Gasteiger partial charge < -0.3 is 20.8 Å². The quantitative estimate of drug-likeness (QED) is 0.195. The van der Waals surface area contributed by atoms with E-state index in [4.69, 9.17) is 10.2 Å². The maximum absolute atomic E-state index is 8.36. The number of hydrogen-bond acceptors (Lipinski definition) is 5. The fraction of sp³-hybridized carbons (Fsp3) is 0.459. The van der Waals surface area contributed by atoms with Gasteiger partial charge in [0.2, 0.25) is 0 Å². The van der Waals surface area contributed by atoms with Crippen molar-refractivity contribution < 1.29 is 4.79 Å². The number of nitrogens with zero attached hydrogens (tertiary/aromatic N) is 1. The number of hydrogen-bond donors (Lipinski definition) is 2. The number of nitrogens with two attached hydrogens (primary N) is 1. The van der Waals surface area contributed by atoms with Gasteiger partial charge in [-0.1, -0.05) is 117 Å². The number of allylic oxidation sites excluding steroid dienone is 7. The van der Waals surface area contributed by atoms with E-state index in [1.807, 2.05) is 86.5 Å². The number of benzene rings is 1. The first-order valence-electron chi connectivity index (χ1n) is 14.9. The van der Waals surface area contributed by atoms with Crippen LogP contribution in [0.4, 0.5) is 0 Å². The van der Waals surface area contributed by atoms with Gasteiger partial charge in [0.15, 0.2) is 0 Å². The lowest BCUT2D eigenvalue weighted by atomic mass is 10.00. The molecule has 1 rings (SSSR count). The Kier molecular flexibility index (Phi) is 52.9. The highest BCUT2D eigenvalue weighted by Gasteiger charge is 2.04. The van der Waals surface area contributed by atoms with E-state index in [0.29, 0.717) is 5.71 Å². The first kappa shape index (κ1) is 52.0. The highest BCUT2D eigenvalue weighted by atomic mass is 32.2. The summed E-state index contributed by atoms with van der Waals surface area (Å²) in [5.74, 6) is 0. The molecule has 0 spiro atoms. The van der Waals surface area contributed by atoms with Crippen molar-refractivity contribution in [3.8, 4) is 0 Å². The van der Waals surface area contributed by atoms with Crippen LogP contribution in [-0.4, -0.2) is 38.0 Å². The molecule has 1 aromatic rings. The molecule has 42 heavy (non-hydrogen) atoms. The Hall–Kier alpha value is -2.73. The van der Waals surface area contributed by atoms with Crippen molar-refractivity contribution in [3.63, 3.8) is 0 Å². The van der Waals surface area contributed by atoms with Gasteiger partial charge in [0.1, 0.15) is 6.79 Å². The summed E-state index contributed by atoms with van der Waals surface area (Å²) < 4.78 is 0. The van der Waals surface area contributed by atoms with E-state index in [9.17, 15) is 0 Å². The Bertz CT molecular complexity index is 883. The SMILES string of the molecule is C=C(C)/C(=C\C(C)=C/C)C(=N)/C=C/c1cccc(CN(C)CCC)c1.C=CSC(=C)C.C=O.CC.CC.CCC.CN. The lowest BCUT2D eigenvalue weighted by Gasteiger charge is -2.15. The van der Waals surface area contributed by atoms with Crippen LogP contribution in [0.5, 0.6) is 0 Å². The molecule has 0 amide bonds. The average Bonchev–Trinajstić information content (AvgIpc) is 2.99. The van der Waals surface area contributed by atoms with Crippen LogP contribution in [0.1, 0.15) is 100 Å². The molecule has 0 aliphatic heterocycles. The summed E-state index contributed by atoms with van der Waals surface area (Å²) in [5.41, 5.74) is 10.3. The Morgan fingerprint density at radius 2 is 1.52 bits per heavy atom. The first-order chi connectivity index (χ1) is 20.1. The van der Waals surface area contributed by atoms with Gasteiger partial charge in [-0.05, 0) is 93.9 Å². The molecule has 0 atom stereocenters. The molecule has 0 unspecified atom stereocenters. The van der Waals surface area contributed by atoms with Gasteiger partial charge in [0.25, 0.3) is 0 Å². The van der Waals surface area contributed by atoms with Gasteiger partial charge in [0, 0.05) is 12.1 Å².